The van der Waals surface area contributed by atoms with Gasteiger partial charge in [-0.2, -0.15) is 4.52 Å². The average molecular weight is 344 g/mol. The van der Waals surface area contributed by atoms with Gasteiger partial charge in [-0.1, -0.05) is 36.8 Å². The maximum Gasteiger partial charge on any atom is 0.275 e. The van der Waals surface area contributed by atoms with Gasteiger partial charge < -0.3 is 5.32 Å². The van der Waals surface area contributed by atoms with Gasteiger partial charge in [-0.3, -0.25) is 4.79 Å². The summed E-state index contributed by atoms with van der Waals surface area (Å²) in [7, 11) is 0. The van der Waals surface area contributed by atoms with E-state index in [1.807, 2.05) is 12.1 Å². The standard InChI is InChI=1S/C17H17FN4OS/c1-2-3-12-8-15(23)22-17(19-12)24-16(21-22)20-14-9-13(14)10-4-6-11(18)7-5-10/h4-8,13-14H,2-3,9H2,1H3,(H,20,21)/t13-,14+/m0/s1. The van der Waals surface area contributed by atoms with Crippen LogP contribution in [0.15, 0.2) is 35.1 Å². The van der Waals surface area contributed by atoms with Crippen molar-refractivity contribution in [2.24, 2.45) is 0 Å². The Labute approximate surface area is 142 Å². The molecule has 5 nitrogen and oxygen atoms in total. The molecule has 0 bridgehead atoms. The van der Waals surface area contributed by atoms with Crippen LogP contribution >= 0.6 is 11.3 Å². The quantitative estimate of drug-likeness (QED) is 0.772. The van der Waals surface area contributed by atoms with Gasteiger partial charge in [-0.25, -0.2) is 9.37 Å². The Balaban J connectivity index is 1.52. The fourth-order valence-electron chi connectivity index (χ4n) is 2.89. The van der Waals surface area contributed by atoms with Crippen LogP contribution < -0.4 is 10.9 Å². The van der Waals surface area contributed by atoms with E-state index < -0.39 is 0 Å². The van der Waals surface area contributed by atoms with Crippen LogP contribution in [-0.2, 0) is 6.42 Å². The number of benzene rings is 1. The zero-order chi connectivity index (χ0) is 16.7. The summed E-state index contributed by atoms with van der Waals surface area (Å²) in [4.78, 5) is 17.2. The monoisotopic (exact) mass is 344 g/mol. The summed E-state index contributed by atoms with van der Waals surface area (Å²) in [6, 6.07) is 8.44. The van der Waals surface area contributed by atoms with Crippen molar-refractivity contribution in [1.82, 2.24) is 14.6 Å². The molecule has 2 aromatic heterocycles. The van der Waals surface area contributed by atoms with Crippen LogP contribution in [-0.4, -0.2) is 20.6 Å². The van der Waals surface area contributed by atoms with Crippen LogP contribution in [0, 0.1) is 5.82 Å². The maximum atomic E-state index is 13.0. The normalized spacial score (nSPS) is 19.6. The molecule has 7 heteroatoms. The first-order chi connectivity index (χ1) is 11.6. The molecule has 0 amide bonds. The molecule has 2 atom stereocenters. The van der Waals surface area contributed by atoms with Crippen molar-refractivity contribution in [2.45, 2.75) is 38.1 Å². The van der Waals surface area contributed by atoms with E-state index in [-0.39, 0.29) is 17.4 Å². The van der Waals surface area contributed by atoms with Gasteiger partial charge >= 0.3 is 0 Å². The van der Waals surface area contributed by atoms with E-state index in [4.69, 9.17) is 0 Å². The van der Waals surface area contributed by atoms with Crippen molar-refractivity contribution in [1.29, 1.82) is 0 Å². The fraction of sp³-hybridized carbons (Fsp3) is 0.353. The molecule has 1 fully saturated rings. The second-order valence-electron chi connectivity index (χ2n) is 6.08. The van der Waals surface area contributed by atoms with Crippen molar-refractivity contribution in [3.05, 3.63) is 57.8 Å². The lowest BCUT2D eigenvalue weighted by molar-refractivity contribution is 0.627. The highest BCUT2D eigenvalue weighted by Gasteiger charge is 2.39. The lowest BCUT2D eigenvalue weighted by Gasteiger charge is -2.01. The van der Waals surface area contributed by atoms with Crippen LogP contribution in [0.3, 0.4) is 0 Å². The van der Waals surface area contributed by atoms with Crippen LogP contribution in [0.25, 0.3) is 4.96 Å². The molecule has 4 rings (SSSR count). The Hall–Kier alpha value is -2.28. The van der Waals surface area contributed by atoms with E-state index in [1.54, 1.807) is 6.07 Å². The Morgan fingerprint density at radius 3 is 2.92 bits per heavy atom. The predicted molar refractivity (Wildman–Crippen MR) is 92.3 cm³/mol. The molecule has 0 aliphatic heterocycles. The van der Waals surface area contributed by atoms with E-state index >= 15 is 0 Å². The Morgan fingerprint density at radius 1 is 1.38 bits per heavy atom. The minimum atomic E-state index is -0.219. The Bertz CT molecular complexity index is 934. The molecule has 0 unspecified atom stereocenters. The summed E-state index contributed by atoms with van der Waals surface area (Å²) in [5, 5.41) is 8.38. The van der Waals surface area contributed by atoms with Crippen molar-refractivity contribution in [3.63, 3.8) is 0 Å². The van der Waals surface area contributed by atoms with Crippen LogP contribution in [0.1, 0.15) is 36.9 Å². The molecule has 1 aromatic carbocycles. The summed E-state index contributed by atoms with van der Waals surface area (Å²) >= 11 is 1.39. The number of fused-ring (bicyclic) bond motifs is 1. The number of halogens is 1. The summed E-state index contributed by atoms with van der Waals surface area (Å²) in [5.41, 5.74) is 1.79. The molecule has 0 radical (unpaired) electrons. The number of aryl methyl sites for hydroxylation is 1. The number of anilines is 1. The molecular weight excluding hydrogens is 327 g/mol. The number of rotatable bonds is 5. The minimum absolute atomic E-state index is 0.140. The van der Waals surface area contributed by atoms with Gasteiger partial charge in [-0.05, 0) is 30.5 Å². The third kappa shape index (κ3) is 2.91. The summed E-state index contributed by atoms with van der Waals surface area (Å²) in [6.07, 6.45) is 2.72. The van der Waals surface area contributed by atoms with Gasteiger partial charge in [0.05, 0.1) is 0 Å². The molecule has 0 saturated heterocycles. The molecule has 24 heavy (non-hydrogen) atoms. The third-order valence-electron chi connectivity index (χ3n) is 4.20. The number of nitrogens with zero attached hydrogens (tertiary/aromatic N) is 3. The minimum Gasteiger partial charge on any atom is -0.357 e. The zero-order valence-corrected chi connectivity index (χ0v) is 14.0. The van der Waals surface area contributed by atoms with Crippen molar-refractivity contribution in [2.75, 3.05) is 5.32 Å². The second-order valence-corrected chi connectivity index (χ2v) is 7.04. The second kappa shape index (κ2) is 5.98. The van der Waals surface area contributed by atoms with Crippen molar-refractivity contribution >= 4 is 21.4 Å². The number of nitrogens with one attached hydrogen (secondary N) is 1. The van der Waals surface area contributed by atoms with Gasteiger partial charge in [0.15, 0.2) is 0 Å². The molecule has 124 valence electrons. The molecule has 1 aliphatic rings. The number of aromatic nitrogens is 3. The largest absolute Gasteiger partial charge is 0.357 e. The van der Waals surface area contributed by atoms with E-state index in [9.17, 15) is 9.18 Å². The number of hydrogen-bond donors (Lipinski definition) is 1. The van der Waals surface area contributed by atoms with Gasteiger partial charge in [0.1, 0.15) is 5.82 Å². The fourth-order valence-corrected chi connectivity index (χ4v) is 3.78. The van der Waals surface area contributed by atoms with Crippen molar-refractivity contribution < 1.29 is 4.39 Å². The molecule has 0 spiro atoms. The maximum absolute atomic E-state index is 13.0. The predicted octanol–water partition coefficient (Wildman–Crippen LogP) is 3.21. The Morgan fingerprint density at radius 2 is 2.17 bits per heavy atom. The molecule has 3 aromatic rings. The highest BCUT2D eigenvalue weighted by molar-refractivity contribution is 7.20. The molecule has 1 aliphatic carbocycles. The van der Waals surface area contributed by atoms with E-state index in [0.29, 0.717) is 16.0 Å². The summed E-state index contributed by atoms with van der Waals surface area (Å²) in [6.45, 7) is 2.06. The summed E-state index contributed by atoms with van der Waals surface area (Å²) in [5.74, 6) is 0.140. The first-order valence-electron chi connectivity index (χ1n) is 8.06. The van der Waals surface area contributed by atoms with Gasteiger partial charge in [0.2, 0.25) is 10.1 Å². The third-order valence-corrected chi connectivity index (χ3v) is 5.04. The SMILES string of the molecule is CCCc1cc(=O)n2nc(N[C@@H]3C[C@H]3c3ccc(F)cc3)sc2n1. The topological polar surface area (TPSA) is 59.3 Å². The van der Waals surface area contributed by atoms with Gasteiger partial charge in [0, 0.05) is 23.7 Å². The first kappa shape index (κ1) is 15.3. The van der Waals surface area contributed by atoms with Crippen LogP contribution in [0.4, 0.5) is 9.52 Å². The average Bonchev–Trinajstić information content (AvgIpc) is 3.18. The van der Waals surface area contributed by atoms with Gasteiger partial charge in [0.25, 0.3) is 5.56 Å². The lowest BCUT2D eigenvalue weighted by atomic mass is 10.1. The van der Waals surface area contributed by atoms with E-state index in [2.05, 4.69) is 22.3 Å². The Kier molecular flexibility index (Phi) is 3.80. The highest BCUT2D eigenvalue weighted by Crippen LogP contribution is 2.43. The zero-order valence-electron chi connectivity index (χ0n) is 13.2. The van der Waals surface area contributed by atoms with Gasteiger partial charge in [-0.15, -0.1) is 5.10 Å². The lowest BCUT2D eigenvalue weighted by Crippen LogP contribution is -2.15. The molecule has 1 N–H and O–H groups in total. The number of hydrogen-bond acceptors (Lipinski definition) is 5. The molecule has 2 heterocycles. The highest BCUT2D eigenvalue weighted by atomic mass is 32.1. The van der Waals surface area contributed by atoms with Crippen LogP contribution in [0.5, 0.6) is 0 Å². The molecular formula is C17H17FN4OS. The summed E-state index contributed by atoms with van der Waals surface area (Å²) < 4.78 is 14.3. The van der Waals surface area contributed by atoms with E-state index in [0.717, 1.165) is 30.5 Å². The molecule has 1 saturated carbocycles. The van der Waals surface area contributed by atoms with Crippen LogP contribution in [0.2, 0.25) is 0 Å². The van der Waals surface area contributed by atoms with E-state index in [1.165, 1.54) is 28.0 Å². The first-order valence-corrected chi connectivity index (χ1v) is 8.87. The van der Waals surface area contributed by atoms with Crippen molar-refractivity contribution in [3.8, 4) is 0 Å². The smallest absolute Gasteiger partial charge is 0.275 e.